The lowest BCUT2D eigenvalue weighted by Gasteiger charge is -2.31. The summed E-state index contributed by atoms with van der Waals surface area (Å²) in [5.41, 5.74) is 1.07. The standard InChI is InChI=1S/C18H19BrN2O2S/c19-15-4-1-3-13(11-15)12-20-17(22)14-6-8-21(9-7-14)18(23)16-5-2-10-24-16/h1-5,10-11,14H,6-9,12H2,(H,20,22). The van der Waals surface area contributed by atoms with Gasteiger partial charge in [-0.2, -0.15) is 0 Å². The molecule has 2 amide bonds. The van der Waals surface area contributed by atoms with Gasteiger partial charge in [0.1, 0.15) is 0 Å². The molecular formula is C18H19BrN2O2S. The van der Waals surface area contributed by atoms with Crippen molar-refractivity contribution in [2.45, 2.75) is 19.4 Å². The average molecular weight is 407 g/mol. The molecule has 3 rings (SSSR count). The quantitative estimate of drug-likeness (QED) is 0.841. The molecule has 0 saturated carbocycles. The van der Waals surface area contributed by atoms with E-state index in [1.54, 1.807) is 0 Å². The third-order valence-corrected chi connectivity index (χ3v) is 5.59. The molecule has 0 atom stereocenters. The van der Waals surface area contributed by atoms with E-state index in [4.69, 9.17) is 0 Å². The lowest BCUT2D eigenvalue weighted by atomic mass is 9.95. The summed E-state index contributed by atoms with van der Waals surface area (Å²) in [6.45, 7) is 1.82. The molecule has 2 aromatic rings. The van der Waals surface area contributed by atoms with Gasteiger partial charge >= 0.3 is 0 Å². The van der Waals surface area contributed by atoms with Gasteiger partial charge in [0, 0.05) is 30.0 Å². The highest BCUT2D eigenvalue weighted by Gasteiger charge is 2.27. The van der Waals surface area contributed by atoms with Crippen LogP contribution < -0.4 is 5.32 Å². The van der Waals surface area contributed by atoms with Crippen LogP contribution in [0.2, 0.25) is 0 Å². The molecule has 2 heterocycles. The summed E-state index contributed by atoms with van der Waals surface area (Å²) in [5.74, 6) is 0.153. The molecule has 1 saturated heterocycles. The van der Waals surface area contributed by atoms with Crippen molar-refractivity contribution in [3.8, 4) is 0 Å². The maximum Gasteiger partial charge on any atom is 0.263 e. The highest BCUT2D eigenvalue weighted by molar-refractivity contribution is 9.10. The fraction of sp³-hybridized carbons (Fsp3) is 0.333. The molecule has 1 aromatic carbocycles. The van der Waals surface area contributed by atoms with Crippen LogP contribution in [-0.2, 0) is 11.3 Å². The number of likely N-dealkylation sites (tertiary alicyclic amines) is 1. The van der Waals surface area contributed by atoms with Crippen LogP contribution in [0.1, 0.15) is 28.1 Å². The molecule has 1 aliphatic rings. The average Bonchev–Trinajstić information content (AvgIpc) is 3.14. The van der Waals surface area contributed by atoms with Gasteiger partial charge in [-0.3, -0.25) is 9.59 Å². The Kier molecular flexibility index (Phi) is 5.68. The van der Waals surface area contributed by atoms with Crippen LogP contribution in [0.4, 0.5) is 0 Å². The third kappa shape index (κ3) is 4.24. The maximum atomic E-state index is 12.3. The topological polar surface area (TPSA) is 49.4 Å². The second-order valence-corrected chi connectivity index (χ2v) is 7.75. The first kappa shape index (κ1) is 17.2. The molecule has 1 N–H and O–H groups in total. The van der Waals surface area contributed by atoms with Gasteiger partial charge in [-0.05, 0) is 42.0 Å². The van der Waals surface area contributed by atoms with Gasteiger partial charge in [-0.15, -0.1) is 11.3 Å². The number of nitrogens with zero attached hydrogens (tertiary/aromatic N) is 1. The van der Waals surface area contributed by atoms with Crippen LogP contribution in [0, 0.1) is 5.92 Å². The minimum Gasteiger partial charge on any atom is -0.352 e. The van der Waals surface area contributed by atoms with Crippen molar-refractivity contribution in [2.24, 2.45) is 5.92 Å². The highest BCUT2D eigenvalue weighted by atomic mass is 79.9. The summed E-state index contributed by atoms with van der Waals surface area (Å²) in [5, 5.41) is 4.92. The second-order valence-electron chi connectivity index (χ2n) is 5.89. The predicted molar refractivity (Wildman–Crippen MR) is 98.9 cm³/mol. The Labute approximate surface area is 154 Å². The van der Waals surface area contributed by atoms with Crippen LogP contribution in [-0.4, -0.2) is 29.8 Å². The zero-order chi connectivity index (χ0) is 16.9. The lowest BCUT2D eigenvalue weighted by Crippen LogP contribution is -2.42. The Hall–Kier alpha value is -1.66. The summed E-state index contributed by atoms with van der Waals surface area (Å²) in [4.78, 5) is 27.3. The van der Waals surface area contributed by atoms with Crippen LogP contribution in [0.3, 0.4) is 0 Å². The first-order valence-electron chi connectivity index (χ1n) is 7.98. The number of carbonyl (C=O) groups excluding carboxylic acids is 2. The Balaban J connectivity index is 1.47. The Bertz CT molecular complexity index is 710. The fourth-order valence-corrected chi connectivity index (χ4v) is 4.02. The van der Waals surface area contributed by atoms with Crippen molar-refractivity contribution in [3.05, 3.63) is 56.7 Å². The van der Waals surface area contributed by atoms with Crippen molar-refractivity contribution < 1.29 is 9.59 Å². The van der Waals surface area contributed by atoms with Crippen molar-refractivity contribution in [3.63, 3.8) is 0 Å². The number of nitrogens with one attached hydrogen (secondary N) is 1. The molecule has 0 unspecified atom stereocenters. The van der Waals surface area contributed by atoms with Gasteiger partial charge in [-0.25, -0.2) is 0 Å². The van der Waals surface area contributed by atoms with E-state index in [0.29, 0.717) is 19.6 Å². The summed E-state index contributed by atoms with van der Waals surface area (Å²) in [6, 6.07) is 11.7. The molecule has 0 spiro atoms. The van der Waals surface area contributed by atoms with Crippen LogP contribution >= 0.6 is 27.3 Å². The van der Waals surface area contributed by atoms with E-state index in [1.807, 2.05) is 46.7 Å². The normalized spacial score (nSPS) is 15.3. The highest BCUT2D eigenvalue weighted by Crippen LogP contribution is 2.21. The van der Waals surface area contributed by atoms with Gasteiger partial charge < -0.3 is 10.2 Å². The Morgan fingerprint density at radius 3 is 2.67 bits per heavy atom. The smallest absolute Gasteiger partial charge is 0.263 e. The number of carbonyl (C=O) groups is 2. The summed E-state index contributed by atoms with van der Waals surface area (Å²) in [7, 11) is 0. The minimum absolute atomic E-state index is 0.00969. The molecule has 1 aromatic heterocycles. The molecule has 126 valence electrons. The zero-order valence-corrected chi connectivity index (χ0v) is 15.6. The van der Waals surface area contributed by atoms with Crippen LogP contribution in [0.5, 0.6) is 0 Å². The molecular weight excluding hydrogens is 388 g/mol. The number of piperidine rings is 1. The summed E-state index contributed by atoms with van der Waals surface area (Å²) >= 11 is 4.90. The summed E-state index contributed by atoms with van der Waals surface area (Å²) < 4.78 is 1.01. The van der Waals surface area contributed by atoms with E-state index in [2.05, 4.69) is 21.2 Å². The molecule has 1 aliphatic heterocycles. The van der Waals surface area contributed by atoms with Gasteiger partial charge in [-0.1, -0.05) is 34.1 Å². The Morgan fingerprint density at radius 1 is 1.21 bits per heavy atom. The number of amides is 2. The molecule has 1 fully saturated rings. The van der Waals surface area contributed by atoms with Crippen molar-refractivity contribution in [1.82, 2.24) is 10.2 Å². The molecule has 24 heavy (non-hydrogen) atoms. The largest absolute Gasteiger partial charge is 0.352 e. The fourth-order valence-electron chi connectivity index (χ4n) is 2.88. The third-order valence-electron chi connectivity index (χ3n) is 4.24. The number of hydrogen-bond donors (Lipinski definition) is 1. The minimum atomic E-state index is -0.00969. The van der Waals surface area contributed by atoms with Crippen LogP contribution in [0.25, 0.3) is 0 Å². The lowest BCUT2D eigenvalue weighted by molar-refractivity contribution is -0.126. The molecule has 0 radical (unpaired) electrons. The first-order chi connectivity index (χ1) is 11.6. The molecule has 4 nitrogen and oxygen atoms in total. The first-order valence-corrected chi connectivity index (χ1v) is 9.65. The zero-order valence-electron chi connectivity index (χ0n) is 13.2. The van der Waals surface area contributed by atoms with Gasteiger partial charge in [0.25, 0.3) is 5.91 Å². The number of hydrogen-bond acceptors (Lipinski definition) is 3. The van der Waals surface area contributed by atoms with E-state index in [1.165, 1.54) is 11.3 Å². The van der Waals surface area contributed by atoms with E-state index in [0.717, 1.165) is 27.8 Å². The number of benzene rings is 1. The predicted octanol–water partition coefficient (Wildman–Crippen LogP) is 3.68. The van der Waals surface area contributed by atoms with Gasteiger partial charge in [0.2, 0.25) is 5.91 Å². The second kappa shape index (κ2) is 7.94. The SMILES string of the molecule is O=C(NCc1cccc(Br)c1)C1CCN(C(=O)c2cccs2)CC1. The summed E-state index contributed by atoms with van der Waals surface area (Å²) in [6.07, 6.45) is 1.45. The van der Waals surface area contributed by atoms with E-state index < -0.39 is 0 Å². The van der Waals surface area contributed by atoms with Crippen molar-refractivity contribution >= 4 is 39.1 Å². The van der Waals surface area contributed by atoms with E-state index in [9.17, 15) is 9.59 Å². The van der Waals surface area contributed by atoms with Crippen molar-refractivity contribution in [2.75, 3.05) is 13.1 Å². The molecule has 6 heteroatoms. The monoisotopic (exact) mass is 406 g/mol. The van der Waals surface area contributed by atoms with E-state index >= 15 is 0 Å². The number of rotatable bonds is 4. The molecule has 0 aliphatic carbocycles. The Morgan fingerprint density at radius 2 is 2.00 bits per heavy atom. The number of halogens is 1. The van der Waals surface area contributed by atoms with Crippen molar-refractivity contribution in [1.29, 1.82) is 0 Å². The van der Waals surface area contributed by atoms with Crippen LogP contribution in [0.15, 0.2) is 46.3 Å². The maximum absolute atomic E-state index is 12.3. The van der Waals surface area contributed by atoms with E-state index in [-0.39, 0.29) is 17.7 Å². The van der Waals surface area contributed by atoms with Gasteiger partial charge in [0.15, 0.2) is 0 Å². The molecule has 0 bridgehead atoms. The van der Waals surface area contributed by atoms with Gasteiger partial charge in [0.05, 0.1) is 4.88 Å². The number of thiophene rings is 1.